The van der Waals surface area contributed by atoms with E-state index < -0.39 is 7.29 Å². The summed E-state index contributed by atoms with van der Waals surface area (Å²) in [4.78, 5) is 2.17. The zero-order chi connectivity index (χ0) is 21.5. The van der Waals surface area contributed by atoms with E-state index in [2.05, 4.69) is 81.1 Å². The molecule has 0 saturated heterocycles. The zero-order valence-corrected chi connectivity index (χ0v) is 19.2. The van der Waals surface area contributed by atoms with Crippen LogP contribution in [0, 0.1) is 13.8 Å². The van der Waals surface area contributed by atoms with Gasteiger partial charge in [0.1, 0.15) is 0 Å². The summed E-state index contributed by atoms with van der Waals surface area (Å²) >= 11 is 0. The highest BCUT2D eigenvalue weighted by molar-refractivity contribution is 7.75. The molecule has 0 fully saturated rings. The summed E-state index contributed by atoms with van der Waals surface area (Å²) in [6, 6.07) is 24.3. The van der Waals surface area contributed by atoms with Crippen molar-refractivity contribution in [1.29, 1.82) is 0 Å². The highest BCUT2D eigenvalue weighted by atomic mass is 31.2. The number of fused-ring (bicyclic) bond motifs is 1. The van der Waals surface area contributed by atoms with E-state index in [0.29, 0.717) is 0 Å². The molecule has 0 amide bonds. The van der Waals surface area contributed by atoms with E-state index in [0.717, 1.165) is 16.7 Å². The average molecular weight is 417 g/mol. The number of nitrogens with zero attached hydrogens (tertiary/aromatic N) is 1. The van der Waals surface area contributed by atoms with Gasteiger partial charge in [-0.05, 0) is 60.9 Å². The number of allylic oxidation sites excluding steroid dienone is 1. The number of hydrogen-bond acceptors (Lipinski definition) is 2. The van der Waals surface area contributed by atoms with Gasteiger partial charge in [0, 0.05) is 40.7 Å². The van der Waals surface area contributed by atoms with Gasteiger partial charge in [-0.3, -0.25) is 4.57 Å². The van der Waals surface area contributed by atoms with Gasteiger partial charge in [-0.1, -0.05) is 56.3 Å². The van der Waals surface area contributed by atoms with Crippen LogP contribution < -0.4 is 15.3 Å². The van der Waals surface area contributed by atoms with Crippen LogP contribution in [0.3, 0.4) is 0 Å². The fraction of sp³-hybridized carbons (Fsp3) is 0.231. The number of aryl methyl sites for hydroxylation is 2. The van der Waals surface area contributed by atoms with E-state index in [1.54, 1.807) is 0 Å². The van der Waals surface area contributed by atoms with Crippen molar-refractivity contribution in [3.63, 3.8) is 0 Å². The lowest BCUT2D eigenvalue weighted by molar-refractivity contribution is 0.587. The molecule has 3 aromatic carbocycles. The molecule has 4 rings (SSSR count). The molecule has 0 unspecified atom stereocenters. The number of likely N-dealkylation sites (N-methyl/N-ethyl adjacent to an activating group) is 1. The van der Waals surface area contributed by atoms with Crippen LogP contribution in [0.25, 0.3) is 0 Å². The van der Waals surface area contributed by atoms with E-state index >= 15 is 0 Å². The van der Waals surface area contributed by atoms with Crippen molar-refractivity contribution in [1.82, 2.24) is 0 Å². The first-order valence-corrected chi connectivity index (χ1v) is 12.1. The first kappa shape index (κ1) is 20.5. The molecular weight excluding hydrogens is 387 g/mol. The molecule has 0 aromatic heterocycles. The Balaban J connectivity index is 1.85. The quantitative estimate of drug-likeness (QED) is 0.487. The van der Waals surface area contributed by atoms with Crippen molar-refractivity contribution >= 4 is 24.0 Å². The second-order valence-corrected chi connectivity index (χ2v) is 10.9. The highest BCUT2D eigenvalue weighted by Gasteiger charge is 2.40. The summed E-state index contributed by atoms with van der Waals surface area (Å²) in [5.41, 5.74) is 6.51. The topological polar surface area (TPSA) is 32.3 Å². The van der Waals surface area contributed by atoms with Crippen molar-refractivity contribution < 1.29 is 4.57 Å². The van der Waals surface area contributed by atoms with Gasteiger partial charge in [-0.2, -0.15) is 0 Å². The molecule has 4 heteroatoms. The van der Waals surface area contributed by atoms with Crippen molar-refractivity contribution in [3.8, 4) is 0 Å². The maximum Gasteiger partial charge on any atom is 0.221 e. The first-order chi connectivity index (χ1) is 14.2. The number of hydrogen-bond donors (Lipinski definition) is 1. The van der Waals surface area contributed by atoms with Crippen LogP contribution in [0.5, 0.6) is 0 Å². The Morgan fingerprint density at radius 1 is 0.900 bits per heavy atom. The Morgan fingerprint density at radius 2 is 1.57 bits per heavy atom. The first-order valence-electron chi connectivity index (χ1n) is 10.3. The fourth-order valence-electron chi connectivity index (χ4n) is 4.23. The third-order valence-electron chi connectivity index (χ3n) is 6.19. The maximum absolute atomic E-state index is 14.5. The Bertz CT molecular complexity index is 1160. The minimum Gasteiger partial charge on any atom is -0.347 e. The second kappa shape index (κ2) is 7.49. The lowest BCUT2D eigenvalue weighted by Gasteiger charge is -2.27. The summed E-state index contributed by atoms with van der Waals surface area (Å²) in [6.07, 6.45) is 0. The van der Waals surface area contributed by atoms with E-state index in [4.69, 9.17) is 0 Å². The molecule has 3 aromatic rings. The second-order valence-electron chi connectivity index (χ2n) is 8.62. The van der Waals surface area contributed by atoms with Crippen LogP contribution in [0.1, 0.15) is 30.5 Å². The Kier molecular flexibility index (Phi) is 5.11. The Hall–Kier alpha value is -2.77. The van der Waals surface area contributed by atoms with Gasteiger partial charge in [0.2, 0.25) is 7.29 Å². The van der Waals surface area contributed by atoms with Gasteiger partial charge in [0.15, 0.2) is 0 Å². The van der Waals surface area contributed by atoms with Crippen LogP contribution in [0.15, 0.2) is 84.3 Å². The zero-order valence-electron chi connectivity index (χ0n) is 18.3. The number of rotatable bonds is 4. The fourth-order valence-corrected chi connectivity index (χ4v) is 6.55. The predicted octanol–water partition coefficient (Wildman–Crippen LogP) is 6.59. The average Bonchev–Trinajstić information content (AvgIpc) is 2.92. The normalized spacial score (nSPS) is 18.2. The monoisotopic (exact) mass is 416 g/mol. The molecule has 1 N–H and O–H groups in total. The lowest BCUT2D eigenvalue weighted by atomic mass is 9.84. The molecule has 0 spiro atoms. The van der Waals surface area contributed by atoms with Gasteiger partial charge in [0.25, 0.3) is 0 Å². The van der Waals surface area contributed by atoms with E-state index in [1.807, 2.05) is 42.2 Å². The summed E-state index contributed by atoms with van der Waals surface area (Å²) in [5.74, 6) is 1.97. The van der Waals surface area contributed by atoms with E-state index in [1.165, 1.54) is 22.4 Å². The molecule has 0 bridgehead atoms. The predicted molar refractivity (Wildman–Crippen MR) is 129 cm³/mol. The summed E-state index contributed by atoms with van der Waals surface area (Å²) in [7, 11) is -1.02. The molecule has 30 heavy (non-hydrogen) atoms. The molecule has 1 heterocycles. The third-order valence-corrected chi connectivity index (χ3v) is 8.45. The smallest absolute Gasteiger partial charge is 0.221 e. The summed E-state index contributed by atoms with van der Waals surface area (Å²) < 4.78 is 14.5. The van der Waals surface area contributed by atoms with E-state index in [9.17, 15) is 4.57 Å². The molecule has 0 aliphatic carbocycles. The standard InChI is InChI=1S/C26H29N2OP/c1-19-15-16-21(17-20(19)2)27-30(29,22-11-7-6-8-12-22)18-25-26(3,4)23-13-9-10-14-24(23)28(25)5/h6-18H,1-5H3,(H,27,29)/t30-/m0/s1. The van der Waals surface area contributed by atoms with Crippen molar-refractivity contribution in [2.75, 3.05) is 17.0 Å². The summed E-state index contributed by atoms with van der Waals surface area (Å²) in [5, 5.41) is 4.21. The molecule has 0 saturated carbocycles. The minimum atomic E-state index is -3.08. The van der Waals surface area contributed by atoms with E-state index in [-0.39, 0.29) is 5.41 Å². The lowest BCUT2D eigenvalue weighted by Crippen LogP contribution is -2.24. The Morgan fingerprint density at radius 3 is 2.23 bits per heavy atom. The molecular formula is C26H29N2OP. The van der Waals surface area contributed by atoms with Crippen LogP contribution in [-0.4, -0.2) is 7.05 Å². The van der Waals surface area contributed by atoms with Crippen molar-refractivity contribution in [2.24, 2.45) is 0 Å². The number of anilines is 2. The minimum absolute atomic E-state index is 0.235. The molecule has 154 valence electrons. The number of para-hydroxylation sites is 1. The van der Waals surface area contributed by atoms with Crippen molar-refractivity contribution in [3.05, 3.63) is 101 Å². The van der Waals surface area contributed by atoms with Crippen LogP contribution in [0.2, 0.25) is 0 Å². The SMILES string of the molecule is Cc1ccc(N[P@](=O)(C=C2N(C)c3ccccc3C2(C)C)c2ccccc2)cc1C. The molecule has 1 atom stereocenters. The highest BCUT2D eigenvalue weighted by Crippen LogP contribution is 2.54. The summed E-state index contributed by atoms with van der Waals surface area (Å²) in [6.45, 7) is 8.57. The Labute approximate surface area is 179 Å². The molecule has 1 aliphatic rings. The molecule has 1 aliphatic heterocycles. The van der Waals surface area contributed by atoms with Crippen LogP contribution in [0.4, 0.5) is 11.4 Å². The largest absolute Gasteiger partial charge is 0.347 e. The van der Waals surface area contributed by atoms with Crippen LogP contribution in [-0.2, 0) is 9.98 Å². The van der Waals surface area contributed by atoms with Gasteiger partial charge in [0.05, 0.1) is 0 Å². The third kappa shape index (κ3) is 3.48. The molecule has 3 nitrogen and oxygen atoms in total. The van der Waals surface area contributed by atoms with Crippen molar-refractivity contribution in [2.45, 2.75) is 33.1 Å². The molecule has 0 radical (unpaired) electrons. The van der Waals surface area contributed by atoms with Gasteiger partial charge < -0.3 is 9.99 Å². The van der Waals surface area contributed by atoms with Gasteiger partial charge in [-0.15, -0.1) is 0 Å². The van der Waals surface area contributed by atoms with Gasteiger partial charge in [-0.25, -0.2) is 0 Å². The maximum atomic E-state index is 14.5. The van der Waals surface area contributed by atoms with Gasteiger partial charge >= 0.3 is 0 Å². The number of benzene rings is 3. The number of nitrogens with one attached hydrogen (secondary N) is 1. The van der Waals surface area contributed by atoms with Crippen LogP contribution >= 0.6 is 7.29 Å².